The summed E-state index contributed by atoms with van der Waals surface area (Å²) in [4.78, 5) is 0. The van der Waals surface area contributed by atoms with Gasteiger partial charge in [0.15, 0.2) is 0 Å². The van der Waals surface area contributed by atoms with Gasteiger partial charge >= 0.3 is 0 Å². The van der Waals surface area contributed by atoms with Crippen LogP contribution in [0.3, 0.4) is 0 Å². The molecule has 0 aromatic rings. The second-order valence-corrected chi connectivity index (χ2v) is 7.39. The highest BCUT2D eigenvalue weighted by atomic mass is 32.2. The van der Waals surface area contributed by atoms with Crippen molar-refractivity contribution in [3.63, 3.8) is 0 Å². The van der Waals surface area contributed by atoms with Gasteiger partial charge < -0.3 is 0 Å². The molecule has 2 fully saturated rings. The van der Waals surface area contributed by atoms with E-state index in [1.165, 1.54) is 6.42 Å². The van der Waals surface area contributed by atoms with Gasteiger partial charge in [-0.3, -0.25) is 4.55 Å². The molecule has 0 aliphatic heterocycles. The van der Waals surface area contributed by atoms with E-state index in [4.69, 9.17) is 0 Å². The fourth-order valence-corrected chi connectivity index (χ4v) is 5.30. The Bertz CT molecular complexity index is 345. The standard InChI is InChI=1S/C12H22O3S/c1-8-4-3-5-10-11(16(13,14)15)7-6-9(2)12(8)10/h8-12H,3-7H2,1-2H3,(H,13,14,15). The van der Waals surface area contributed by atoms with Crippen LogP contribution in [0.5, 0.6) is 0 Å². The Morgan fingerprint density at radius 3 is 2.25 bits per heavy atom. The summed E-state index contributed by atoms with van der Waals surface area (Å²) in [6, 6.07) is 0. The fourth-order valence-electron chi connectivity index (χ4n) is 4.10. The lowest BCUT2D eigenvalue weighted by Crippen LogP contribution is -2.45. The lowest BCUT2D eigenvalue weighted by atomic mass is 9.62. The normalized spacial score (nSPS) is 45.1. The average Bonchev–Trinajstić information content (AvgIpc) is 2.16. The largest absolute Gasteiger partial charge is 0.285 e. The van der Waals surface area contributed by atoms with Crippen LogP contribution >= 0.6 is 0 Å². The van der Waals surface area contributed by atoms with Crippen molar-refractivity contribution in [3.8, 4) is 0 Å². The minimum absolute atomic E-state index is 0.197. The lowest BCUT2D eigenvalue weighted by Gasteiger charge is -2.46. The zero-order valence-corrected chi connectivity index (χ0v) is 10.9. The predicted molar refractivity (Wildman–Crippen MR) is 63.7 cm³/mol. The van der Waals surface area contributed by atoms with Crippen molar-refractivity contribution >= 4 is 10.1 Å². The molecular formula is C12H22O3S. The molecule has 2 rings (SSSR count). The van der Waals surface area contributed by atoms with Crippen molar-refractivity contribution in [2.45, 2.75) is 51.2 Å². The summed E-state index contributed by atoms with van der Waals surface area (Å²) >= 11 is 0. The van der Waals surface area contributed by atoms with Gasteiger partial charge in [0, 0.05) is 0 Å². The van der Waals surface area contributed by atoms with Crippen LogP contribution in [0.4, 0.5) is 0 Å². The second-order valence-electron chi connectivity index (χ2n) is 5.76. The first-order valence-electron chi connectivity index (χ1n) is 6.37. The van der Waals surface area contributed by atoms with Crippen LogP contribution in [0.15, 0.2) is 0 Å². The van der Waals surface area contributed by atoms with Gasteiger partial charge in [0.25, 0.3) is 10.1 Å². The van der Waals surface area contributed by atoms with Gasteiger partial charge in [-0.25, -0.2) is 0 Å². The highest BCUT2D eigenvalue weighted by molar-refractivity contribution is 7.86. The molecule has 0 amide bonds. The Labute approximate surface area is 98.4 Å². The van der Waals surface area contributed by atoms with E-state index in [9.17, 15) is 13.0 Å². The molecule has 2 aliphatic rings. The number of fused-ring (bicyclic) bond motifs is 1. The summed E-state index contributed by atoms with van der Waals surface area (Å²) in [6.07, 6.45) is 4.89. The zero-order chi connectivity index (χ0) is 11.9. The molecule has 1 N–H and O–H groups in total. The van der Waals surface area contributed by atoms with Crippen molar-refractivity contribution in [2.75, 3.05) is 0 Å². The number of rotatable bonds is 1. The third kappa shape index (κ3) is 2.14. The zero-order valence-electron chi connectivity index (χ0n) is 10.1. The molecule has 3 nitrogen and oxygen atoms in total. The van der Waals surface area contributed by atoms with E-state index >= 15 is 0 Å². The van der Waals surface area contributed by atoms with Crippen LogP contribution in [0.1, 0.15) is 46.0 Å². The molecular weight excluding hydrogens is 224 g/mol. The third-order valence-corrected chi connectivity index (χ3v) is 6.12. The van der Waals surface area contributed by atoms with Crippen molar-refractivity contribution in [2.24, 2.45) is 23.7 Å². The molecule has 5 atom stereocenters. The van der Waals surface area contributed by atoms with Crippen molar-refractivity contribution in [1.82, 2.24) is 0 Å². The van der Waals surface area contributed by atoms with E-state index in [0.717, 1.165) is 19.3 Å². The minimum Gasteiger partial charge on any atom is -0.285 e. The van der Waals surface area contributed by atoms with Crippen molar-refractivity contribution in [1.29, 1.82) is 0 Å². The summed E-state index contributed by atoms with van der Waals surface area (Å²) in [5.41, 5.74) is 0. The molecule has 0 aromatic heterocycles. The molecule has 0 radical (unpaired) electrons. The molecule has 0 saturated heterocycles. The maximum atomic E-state index is 11.4. The van der Waals surface area contributed by atoms with Crippen LogP contribution in [0.2, 0.25) is 0 Å². The number of hydrogen-bond acceptors (Lipinski definition) is 2. The van der Waals surface area contributed by atoms with Gasteiger partial charge in [-0.1, -0.05) is 26.7 Å². The SMILES string of the molecule is CC1CCCC2C1C(C)CCC2S(=O)(=O)O. The highest BCUT2D eigenvalue weighted by Crippen LogP contribution is 2.48. The third-order valence-electron chi connectivity index (χ3n) is 4.77. The fraction of sp³-hybridized carbons (Fsp3) is 1.00. The Hall–Kier alpha value is -0.0900. The van der Waals surface area contributed by atoms with Gasteiger partial charge in [0.1, 0.15) is 0 Å². The molecule has 2 saturated carbocycles. The molecule has 0 aromatic carbocycles. The van der Waals surface area contributed by atoms with E-state index in [0.29, 0.717) is 24.2 Å². The van der Waals surface area contributed by atoms with Crippen LogP contribution in [-0.4, -0.2) is 18.2 Å². The average molecular weight is 246 g/mol. The first kappa shape index (κ1) is 12.4. The van der Waals surface area contributed by atoms with Crippen LogP contribution < -0.4 is 0 Å². The Morgan fingerprint density at radius 2 is 1.62 bits per heavy atom. The van der Waals surface area contributed by atoms with E-state index < -0.39 is 15.4 Å². The maximum absolute atomic E-state index is 11.4. The molecule has 0 heterocycles. The van der Waals surface area contributed by atoms with Gasteiger partial charge in [0.2, 0.25) is 0 Å². The van der Waals surface area contributed by atoms with Crippen LogP contribution in [0, 0.1) is 23.7 Å². The van der Waals surface area contributed by atoms with Crippen molar-refractivity contribution in [3.05, 3.63) is 0 Å². The Kier molecular flexibility index (Phi) is 3.32. The van der Waals surface area contributed by atoms with E-state index in [2.05, 4.69) is 13.8 Å². The van der Waals surface area contributed by atoms with Crippen LogP contribution in [0.25, 0.3) is 0 Å². The Morgan fingerprint density at radius 1 is 1.00 bits per heavy atom. The highest BCUT2D eigenvalue weighted by Gasteiger charge is 2.46. The van der Waals surface area contributed by atoms with E-state index in [-0.39, 0.29) is 5.92 Å². The number of hydrogen-bond donors (Lipinski definition) is 1. The molecule has 94 valence electrons. The molecule has 5 unspecified atom stereocenters. The van der Waals surface area contributed by atoms with E-state index in [1.807, 2.05) is 0 Å². The minimum atomic E-state index is -3.84. The van der Waals surface area contributed by atoms with Crippen LogP contribution in [-0.2, 0) is 10.1 Å². The van der Waals surface area contributed by atoms with Crippen molar-refractivity contribution < 1.29 is 13.0 Å². The molecule has 0 spiro atoms. The first-order valence-corrected chi connectivity index (χ1v) is 7.88. The summed E-state index contributed by atoms with van der Waals surface area (Å²) in [5.74, 6) is 1.91. The smallest absolute Gasteiger partial charge is 0.268 e. The predicted octanol–water partition coefficient (Wildman–Crippen LogP) is 2.73. The molecule has 4 heteroatoms. The van der Waals surface area contributed by atoms with Gasteiger partial charge in [0.05, 0.1) is 5.25 Å². The lowest BCUT2D eigenvalue weighted by molar-refractivity contribution is 0.0659. The quantitative estimate of drug-likeness (QED) is 0.724. The van der Waals surface area contributed by atoms with Gasteiger partial charge in [-0.15, -0.1) is 0 Å². The summed E-state index contributed by atoms with van der Waals surface area (Å²) in [6.45, 7) is 4.47. The van der Waals surface area contributed by atoms with E-state index in [1.54, 1.807) is 0 Å². The molecule has 16 heavy (non-hydrogen) atoms. The second kappa shape index (κ2) is 4.30. The van der Waals surface area contributed by atoms with Gasteiger partial charge in [-0.05, 0) is 42.9 Å². The summed E-state index contributed by atoms with van der Waals surface area (Å²) in [5, 5.41) is -0.489. The Balaban J connectivity index is 2.26. The monoisotopic (exact) mass is 246 g/mol. The van der Waals surface area contributed by atoms with Gasteiger partial charge in [-0.2, -0.15) is 8.42 Å². The topological polar surface area (TPSA) is 54.4 Å². The molecule has 0 bridgehead atoms. The molecule has 2 aliphatic carbocycles. The summed E-state index contributed by atoms with van der Waals surface area (Å²) in [7, 11) is -3.84. The maximum Gasteiger partial charge on any atom is 0.268 e. The first-order chi connectivity index (χ1) is 7.41. The summed E-state index contributed by atoms with van der Waals surface area (Å²) < 4.78 is 32.1.